The van der Waals surface area contributed by atoms with Crippen molar-refractivity contribution in [3.8, 4) is 22.8 Å². The van der Waals surface area contributed by atoms with Crippen LogP contribution < -0.4 is 15.0 Å². The van der Waals surface area contributed by atoms with Crippen LogP contribution >= 0.6 is 0 Å². The Morgan fingerprint density at radius 1 is 1.25 bits per heavy atom. The summed E-state index contributed by atoms with van der Waals surface area (Å²) in [5, 5.41) is 4.83. The highest BCUT2D eigenvalue weighted by atomic mass is 28.3. The summed E-state index contributed by atoms with van der Waals surface area (Å²) in [4.78, 5) is 16.7. The number of H-pyrrole nitrogens is 1. The summed E-state index contributed by atoms with van der Waals surface area (Å²) in [6.07, 6.45) is 5.91. The van der Waals surface area contributed by atoms with Gasteiger partial charge in [0.05, 0.1) is 22.8 Å². The molecule has 0 atom stereocenters. The van der Waals surface area contributed by atoms with Crippen LogP contribution in [-0.2, 0) is 17.9 Å². The van der Waals surface area contributed by atoms with E-state index in [9.17, 15) is 13.6 Å². The minimum atomic E-state index is -2.98. The van der Waals surface area contributed by atoms with Crippen LogP contribution in [0.5, 0.6) is 11.5 Å². The standard InChI is InChI=1S/C26H33F2N3O4Si/c1-7-16-21-19(14-29-31(24(21)32)15-33-12-13-36(4,5)6)30-22(16)17-8-9-20(34-25(27)28)23-18(17)10-11-26(2,3)35-23/h8-11,14,25,30H,7,12-13,15H2,1-6H3. The molecule has 36 heavy (non-hydrogen) atoms. The maximum absolute atomic E-state index is 13.4. The second kappa shape index (κ2) is 9.82. The number of fused-ring (bicyclic) bond motifs is 2. The monoisotopic (exact) mass is 517 g/mol. The van der Waals surface area contributed by atoms with Gasteiger partial charge in [-0.25, -0.2) is 4.68 Å². The maximum atomic E-state index is 13.4. The number of ether oxygens (including phenoxy) is 3. The highest BCUT2D eigenvalue weighted by Crippen LogP contribution is 2.45. The van der Waals surface area contributed by atoms with Gasteiger partial charge in [0.25, 0.3) is 5.56 Å². The van der Waals surface area contributed by atoms with Gasteiger partial charge in [-0.1, -0.05) is 32.6 Å². The van der Waals surface area contributed by atoms with Gasteiger partial charge in [-0.2, -0.15) is 13.9 Å². The van der Waals surface area contributed by atoms with Crippen LogP contribution in [0.3, 0.4) is 0 Å². The highest BCUT2D eigenvalue weighted by molar-refractivity contribution is 6.76. The quantitative estimate of drug-likeness (QED) is 0.276. The number of halogens is 2. The van der Waals surface area contributed by atoms with Gasteiger partial charge < -0.3 is 19.2 Å². The number of aryl methyl sites for hydroxylation is 1. The molecule has 0 aliphatic carbocycles. The third kappa shape index (κ3) is 5.39. The van der Waals surface area contributed by atoms with Gasteiger partial charge in [0.1, 0.15) is 12.3 Å². The molecule has 1 aliphatic heterocycles. The molecule has 1 N–H and O–H groups in total. The van der Waals surface area contributed by atoms with E-state index >= 15 is 0 Å². The molecule has 0 spiro atoms. The van der Waals surface area contributed by atoms with Crippen LogP contribution in [0.1, 0.15) is 31.9 Å². The van der Waals surface area contributed by atoms with Gasteiger partial charge in [0.15, 0.2) is 11.5 Å². The van der Waals surface area contributed by atoms with Gasteiger partial charge in [-0.3, -0.25) is 4.79 Å². The fourth-order valence-electron chi connectivity index (χ4n) is 4.25. The summed E-state index contributed by atoms with van der Waals surface area (Å²) < 4.78 is 44.0. The summed E-state index contributed by atoms with van der Waals surface area (Å²) in [5.74, 6) is 0.210. The average molecular weight is 518 g/mol. The van der Waals surface area contributed by atoms with Crippen molar-refractivity contribution in [1.29, 1.82) is 0 Å². The van der Waals surface area contributed by atoms with E-state index in [1.54, 1.807) is 12.3 Å². The number of alkyl halides is 2. The predicted molar refractivity (Wildman–Crippen MR) is 140 cm³/mol. The number of aromatic nitrogens is 3. The van der Waals surface area contributed by atoms with Crippen molar-refractivity contribution in [3.63, 3.8) is 0 Å². The van der Waals surface area contributed by atoms with Crippen molar-refractivity contribution in [2.45, 2.75) is 71.8 Å². The lowest BCUT2D eigenvalue weighted by Gasteiger charge is -2.30. The van der Waals surface area contributed by atoms with Crippen molar-refractivity contribution in [2.24, 2.45) is 0 Å². The van der Waals surface area contributed by atoms with Crippen LogP contribution in [0.15, 0.2) is 29.2 Å². The van der Waals surface area contributed by atoms with E-state index in [0.717, 1.165) is 22.9 Å². The van der Waals surface area contributed by atoms with Crippen molar-refractivity contribution in [1.82, 2.24) is 14.8 Å². The van der Waals surface area contributed by atoms with Crippen molar-refractivity contribution in [3.05, 3.63) is 45.9 Å². The number of nitrogens with zero attached hydrogens (tertiary/aromatic N) is 2. The number of hydrogen-bond acceptors (Lipinski definition) is 5. The van der Waals surface area contributed by atoms with E-state index in [-0.39, 0.29) is 23.8 Å². The summed E-state index contributed by atoms with van der Waals surface area (Å²) in [6.45, 7) is 10.2. The van der Waals surface area contributed by atoms with Crippen LogP contribution in [-0.4, -0.2) is 41.7 Å². The number of aromatic amines is 1. The lowest BCUT2D eigenvalue weighted by atomic mass is 9.94. The zero-order valence-corrected chi connectivity index (χ0v) is 22.6. The van der Waals surface area contributed by atoms with Gasteiger partial charge in [-0.15, -0.1) is 0 Å². The van der Waals surface area contributed by atoms with Crippen molar-refractivity contribution >= 4 is 25.1 Å². The maximum Gasteiger partial charge on any atom is 0.387 e. The average Bonchev–Trinajstić information content (AvgIpc) is 3.16. The lowest BCUT2D eigenvalue weighted by molar-refractivity contribution is -0.0526. The lowest BCUT2D eigenvalue weighted by Crippen LogP contribution is -2.28. The molecule has 0 fully saturated rings. The summed E-state index contributed by atoms with van der Waals surface area (Å²) >= 11 is 0. The van der Waals surface area contributed by atoms with Gasteiger partial charge in [0, 0.05) is 25.8 Å². The first kappa shape index (κ1) is 26.1. The normalized spacial score (nSPS) is 14.8. The third-order valence-electron chi connectivity index (χ3n) is 6.13. The Hall–Kier alpha value is -2.98. The zero-order valence-electron chi connectivity index (χ0n) is 21.6. The van der Waals surface area contributed by atoms with Crippen molar-refractivity contribution < 1.29 is 23.0 Å². The number of benzene rings is 1. The summed E-state index contributed by atoms with van der Waals surface area (Å²) in [5.41, 5.74) is 2.55. The number of nitrogens with one attached hydrogen (secondary N) is 1. The minimum Gasteiger partial charge on any atom is -0.479 e. The molecule has 4 rings (SSSR count). The largest absolute Gasteiger partial charge is 0.479 e. The first-order valence-electron chi connectivity index (χ1n) is 12.1. The summed E-state index contributed by atoms with van der Waals surface area (Å²) in [7, 11) is -1.24. The van der Waals surface area contributed by atoms with Gasteiger partial charge in [-0.05, 0) is 50.1 Å². The Balaban J connectivity index is 1.78. The fraction of sp³-hybridized carbons (Fsp3) is 0.462. The van der Waals surface area contributed by atoms with Crippen LogP contribution in [0, 0.1) is 0 Å². The molecule has 2 aromatic heterocycles. The molecule has 1 aliphatic rings. The Kier molecular flexibility index (Phi) is 7.11. The molecule has 0 saturated carbocycles. The van der Waals surface area contributed by atoms with E-state index in [1.165, 1.54) is 10.7 Å². The Bertz CT molecular complexity index is 1360. The van der Waals surface area contributed by atoms with E-state index in [2.05, 4.69) is 29.7 Å². The number of rotatable bonds is 9. The van der Waals surface area contributed by atoms with E-state index in [1.807, 2.05) is 32.9 Å². The zero-order chi connectivity index (χ0) is 26.3. The Labute approximate surface area is 210 Å². The van der Waals surface area contributed by atoms with Crippen molar-refractivity contribution in [2.75, 3.05) is 6.61 Å². The smallest absolute Gasteiger partial charge is 0.387 e. The first-order valence-corrected chi connectivity index (χ1v) is 15.8. The molecule has 3 heterocycles. The molecule has 194 valence electrons. The van der Waals surface area contributed by atoms with Crippen LogP contribution in [0.4, 0.5) is 8.78 Å². The molecule has 0 saturated heterocycles. The third-order valence-corrected chi connectivity index (χ3v) is 7.84. The second-order valence-corrected chi connectivity index (χ2v) is 16.3. The molecule has 3 aromatic rings. The van der Waals surface area contributed by atoms with E-state index in [0.29, 0.717) is 29.5 Å². The summed E-state index contributed by atoms with van der Waals surface area (Å²) in [6, 6.07) is 4.18. The van der Waals surface area contributed by atoms with Crippen LogP contribution in [0.2, 0.25) is 25.7 Å². The second-order valence-electron chi connectivity index (χ2n) is 10.7. The molecule has 0 bridgehead atoms. The molecule has 0 amide bonds. The van der Waals surface area contributed by atoms with E-state index < -0.39 is 20.3 Å². The van der Waals surface area contributed by atoms with Gasteiger partial charge in [0.2, 0.25) is 0 Å². The van der Waals surface area contributed by atoms with Crippen LogP contribution in [0.25, 0.3) is 28.2 Å². The Morgan fingerprint density at radius 2 is 2.00 bits per heavy atom. The topological polar surface area (TPSA) is 78.4 Å². The van der Waals surface area contributed by atoms with Gasteiger partial charge >= 0.3 is 6.61 Å². The molecule has 0 radical (unpaired) electrons. The molecular weight excluding hydrogens is 484 g/mol. The predicted octanol–water partition coefficient (Wildman–Crippen LogP) is 6.05. The van der Waals surface area contributed by atoms with E-state index in [4.69, 9.17) is 14.2 Å². The Morgan fingerprint density at radius 3 is 2.67 bits per heavy atom. The molecule has 10 heteroatoms. The molecule has 1 aromatic carbocycles. The fourth-order valence-corrected chi connectivity index (χ4v) is 5.01. The molecular formula is C26H33F2N3O4Si. The molecule has 0 unspecified atom stereocenters. The SMILES string of the molecule is CCc1c(-c2ccc(OC(F)F)c3c2C=CC(C)(C)O3)[nH]c2cnn(COCC[Si](C)(C)C)c(=O)c12. The first-order chi connectivity index (χ1) is 16.9. The molecule has 7 nitrogen and oxygen atoms in total. The minimum absolute atomic E-state index is 0.0326. The number of hydrogen-bond donors (Lipinski definition) is 1. The highest BCUT2D eigenvalue weighted by Gasteiger charge is 2.29.